The van der Waals surface area contributed by atoms with Crippen LogP contribution in [0.5, 0.6) is 0 Å². The summed E-state index contributed by atoms with van der Waals surface area (Å²) >= 11 is 6.17. The Morgan fingerprint density at radius 1 is 1.38 bits per heavy atom. The highest BCUT2D eigenvalue weighted by atomic mass is 35.5. The zero-order chi connectivity index (χ0) is 8.84. The Morgan fingerprint density at radius 3 is 3.23 bits per heavy atom. The van der Waals surface area contributed by atoms with Crippen molar-refractivity contribution in [3.63, 3.8) is 0 Å². The fraction of sp³-hybridized carbons (Fsp3) is 0.273. The second-order valence-electron chi connectivity index (χ2n) is 3.66. The van der Waals surface area contributed by atoms with Crippen molar-refractivity contribution < 1.29 is 0 Å². The number of hydrogen-bond acceptors (Lipinski definition) is 1. The van der Waals surface area contributed by atoms with Gasteiger partial charge in [-0.3, -0.25) is 0 Å². The molecule has 0 spiro atoms. The van der Waals surface area contributed by atoms with Crippen LogP contribution < -0.4 is 5.32 Å². The molecule has 13 heavy (non-hydrogen) atoms. The van der Waals surface area contributed by atoms with E-state index >= 15 is 0 Å². The van der Waals surface area contributed by atoms with Gasteiger partial charge in [-0.1, -0.05) is 29.8 Å². The Kier molecular flexibility index (Phi) is 1.44. The summed E-state index contributed by atoms with van der Waals surface area (Å²) in [6, 6.07) is 6.64. The number of rotatable bonds is 0. The maximum atomic E-state index is 6.17. The molecular weight excluding hydrogens is 182 g/mol. The number of fused-ring (bicyclic) bond motifs is 5. The Morgan fingerprint density at radius 2 is 2.31 bits per heavy atom. The molecule has 2 bridgehead atoms. The molecule has 0 saturated carbocycles. The van der Waals surface area contributed by atoms with Crippen molar-refractivity contribution >= 4 is 11.6 Å². The first kappa shape index (κ1) is 7.45. The Hall–Kier alpha value is -0.950. The fourth-order valence-corrected chi connectivity index (χ4v) is 2.68. The van der Waals surface area contributed by atoms with Crippen LogP contribution in [0.15, 0.2) is 30.5 Å². The van der Waals surface area contributed by atoms with E-state index in [9.17, 15) is 0 Å². The Bertz CT molecular complexity index is 384. The first-order chi connectivity index (χ1) is 6.36. The van der Waals surface area contributed by atoms with E-state index in [4.69, 9.17) is 11.6 Å². The van der Waals surface area contributed by atoms with Crippen LogP contribution >= 0.6 is 11.6 Å². The molecule has 0 amide bonds. The van der Waals surface area contributed by atoms with E-state index in [1.807, 2.05) is 12.1 Å². The van der Waals surface area contributed by atoms with E-state index in [0.717, 1.165) is 11.4 Å². The first-order valence-corrected chi connectivity index (χ1v) is 4.95. The van der Waals surface area contributed by atoms with Gasteiger partial charge >= 0.3 is 0 Å². The van der Waals surface area contributed by atoms with E-state index in [2.05, 4.69) is 23.7 Å². The molecule has 2 atom stereocenters. The monoisotopic (exact) mass is 191 g/mol. The number of hydrogen-bond donors (Lipinski definition) is 1. The molecule has 2 aliphatic rings. The van der Waals surface area contributed by atoms with Crippen molar-refractivity contribution in [2.75, 3.05) is 0 Å². The van der Waals surface area contributed by atoms with Gasteiger partial charge in [0.15, 0.2) is 0 Å². The van der Waals surface area contributed by atoms with Crippen LogP contribution in [0, 0.1) is 0 Å². The molecule has 3 rings (SSSR count). The molecular formula is C11H10ClN. The molecule has 2 unspecified atom stereocenters. The van der Waals surface area contributed by atoms with Gasteiger partial charge in [-0.15, -0.1) is 0 Å². The molecule has 0 radical (unpaired) electrons. The fourth-order valence-electron chi connectivity index (χ4n) is 2.36. The van der Waals surface area contributed by atoms with Gasteiger partial charge in [0.1, 0.15) is 0 Å². The molecule has 1 aromatic carbocycles. The summed E-state index contributed by atoms with van der Waals surface area (Å²) < 4.78 is 0. The van der Waals surface area contributed by atoms with Crippen LogP contribution in [0.25, 0.3) is 0 Å². The lowest BCUT2D eigenvalue weighted by Gasteiger charge is -2.15. The average Bonchev–Trinajstić information content (AvgIpc) is 2.41. The van der Waals surface area contributed by atoms with Gasteiger partial charge < -0.3 is 5.32 Å². The third-order valence-corrected chi connectivity index (χ3v) is 3.28. The lowest BCUT2D eigenvalue weighted by Crippen LogP contribution is -2.15. The minimum atomic E-state index is 0.443. The van der Waals surface area contributed by atoms with Crippen molar-refractivity contribution in [2.45, 2.75) is 18.4 Å². The maximum absolute atomic E-state index is 6.17. The molecule has 1 N–H and O–H groups in total. The predicted molar refractivity (Wildman–Crippen MR) is 53.8 cm³/mol. The molecule has 1 heterocycles. The highest BCUT2D eigenvalue weighted by molar-refractivity contribution is 6.31. The summed E-state index contributed by atoms with van der Waals surface area (Å²) in [6.07, 6.45) is 5.43. The minimum Gasteiger partial charge on any atom is -0.384 e. The smallest absolute Gasteiger partial charge is 0.0534 e. The zero-order valence-electron chi connectivity index (χ0n) is 7.13. The normalized spacial score (nSPS) is 28.4. The molecule has 0 aromatic heterocycles. The van der Waals surface area contributed by atoms with Gasteiger partial charge in [0.05, 0.1) is 6.04 Å². The van der Waals surface area contributed by atoms with E-state index in [0.29, 0.717) is 12.0 Å². The van der Waals surface area contributed by atoms with Crippen LogP contribution in [0.3, 0.4) is 0 Å². The van der Waals surface area contributed by atoms with E-state index in [1.165, 1.54) is 11.1 Å². The van der Waals surface area contributed by atoms with Crippen LogP contribution in [0.1, 0.15) is 29.5 Å². The molecule has 0 saturated heterocycles. The number of allylic oxidation sites excluding steroid dienone is 1. The number of benzene rings is 1. The first-order valence-electron chi connectivity index (χ1n) is 4.57. The van der Waals surface area contributed by atoms with Crippen LogP contribution in [-0.4, -0.2) is 0 Å². The summed E-state index contributed by atoms with van der Waals surface area (Å²) in [5.74, 6) is 0.583. The van der Waals surface area contributed by atoms with Crippen LogP contribution in [-0.2, 0) is 0 Å². The highest BCUT2D eigenvalue weighted by Crippen LogP contribution is 2.45. The highest BCUT2D eigenvalue weighted by Gasteiger charge is 2.32. The van der Waals surface area contributed by atoms with Crippen molar-refractivity contribution in [2.24, 2.45) is 0 Å². The number of halogens is 1. The predicted octanol–water partition coefficient (Wildman–Crippen LogP) is 2.99. The largest absolute Gasteiger partial charge is 0.384 e. The van der Waals surface area contributed by atoms with Crippen LogP contribution in [0.4, 0.5) is 0 Å². The third kappa shape index (κ3) is 0.939. The minimum absolute atomic E-state index is 0.443. The summed E-state index contributed by atoms with van der Waals surface area (Å²) in [5.41, 5.74) is 2.71. The van der Waals surface area contributed by atoms with Gasteiger partial charge in [-0.25, -0.2) is 0 Å². The van der Waals surface area contributed by atoms with E-state index in [-0.39, 0.29) is 0 Å². The SMILES string of the molecule is Clc1cccc2c1C1CC2C=CN1. The van der Waals surface area contributed by atoms with Crippen molar-refractivity contribution in [1.29, 1.82) is 0 Å². The van der Waals surface area contributed by atoms with Gasteiger partial charge in [-0.2, -0.15) is 0 Å². The summed E-state index contributed by atoms with van der Waals surface area (Å²) in [7, 11) is 0. The molecule has 1 aliphatic carbocycles. The lowest BCUT2D eigenvalue weighted by atomic mass is 10.0. The quantitative estimate of drug-likeness (QED) is 0.665. The molecule has 1 aliphatic heterocycles. The van der Waals surface area contributed by atoms with Gasteiger partial charge in [-0.05, 0) is 29.8 Å². The van der Waals surface area contributed by atoms with Crippen molar-refractivity contribution in [1.82, 2.24) is 5.32 Å². The Balaban J connectivity index is 2.25. The van der Waals surface area contributed by atoms with Crippen molar-refractivity contribution in [3.8, 4) is 0 Å². The molecule has 2 heteroatoms. The van der Waals surface area contributed by atoms with Gasteiger partial charge in [0, 0.05) is 10.9 Å². The molecule has 66 valence electrons. The zero-order valence-corrected chi connectivity index (χ0v) is 7.88. The van der Waals surface area contributed by atoms with Gasteiger partial charge in [0.25, 0.3) is 0 Å². The summed E-state index contributed by atoms with van der Waals surface area (Å²) in [4.78, 5) is 0. The van der Waals surface area contributed by atoms with E-state index < -0.39 is 0 Å². The van der Waals surface area contributed by atoms with Crippen LogP contribution in [0.2, 0.25) is 5.02 Å². The number of nitrogens with one attached hydrogen (secondary N) is 1. The second kappa shape index (κ2) is 2.52. The lowest BCUT2D eigenvalue weighted by molar-refractivity contribution is 0.565. The summed E-state index contributed by atoms with van der Waals surface area (Å²) in [6.45, 7) is 0. The third-order valence-electron chi connectivity index (χ3n) is 2.95. The molecule has 1 nitrogen and oxygen atoms in total. The maximum Gasteiger partial charge on any atom is 0.0534 e. The van der Waals surface area contributed by atoms with Gasteiger partial charge in [0.2, 0.25) is 0 Å². The average molecular weight is 192 g/mol. The second-order valence-corrected chi connectivity index (χ2v) is 4.07. The molecule has 0 fully saturated rings. The Labute approximate surface area is 82.4 Å². The topological polar surface area (TPSA) is 12.0 Å². The standard InChI is InChI=1S/C11H10ClN/c12-9-3-1-2-8-7-4-5-13-10(6-7)11(8)9/h1-5,7,10,13H,6H2. The summed E-state index contributed by atoms with van der Waals surface area (Å²) in [5, 5.41) is 4.25. The molecule has 1 aromatic rings. The van der Waals surface area contributed by atoms with Crippen molar-refractivity contribution in [3.05, 3.63) is 46.6 Å². The van der Waals surface area contributed by atoms with E-state index in [1.54, 1.807) is 0 Å².